The summed E-state index contributed by atoms with van der Waals surface area (Å²) in [5, 5.41) is 3.36. The first-order valence-electron chi connectivity index (χ1n) is 6.38. The maximum absolute atomic E-state index is 13.7. The van der Waals surface area contributed by atoms with Gasteiger partial charge >= 0.3 is 0 Å². The zero-order chi connectivity index (χ0) is 11.8. The second-order valence-electron chi connectivity index (χ2n) is 5.19. The first-order chi connectivity index (χ1) is 8.28. The van der Waals surface area contributed by atoms with Crippen LogP contribution in [0.5, 0.6) is 5.75 Å². The first kappa shape index (κ1) is 10.9. The van der Waals surface area contributed by atoms with Crippen molar-refractivity contribution in [3.8, 4) is 5.75 Å². The summed E-state index contributed by atoms with van der Waals surface area (Å²) in [6.45, 7) is 0. The Hall–Kier alpha value is -1.25. The summed E-state index contributed by atoms with van der Waals surface area (Å²) in [6, 6.07) is 5.33. The summed E-state index contributed by atoms with van der Waals surface area (Å²) in [6.07, 6.45) is 5.12. The van der Waals surface area contributed by atoms with Gasteiger partial charge in [0.15, 0.2) is 0 Å². The number of ether oxygens (including phenoxy) is 1. The normalized spacial score (nSPS) is 30.6. The zero-order valence-electron chi connectivity index (χ0n) is 10.1. The minimum absolute atomic E-state index is 0.187. The topological polar surface area (TPSA) is 21.3 Å². The third-order valence-corrected chi connectivity index (χ3v) is 4.10. The summed E-state index contributed by atoms with van der Waals surface area (Å²) >= 11 is 0. The maximum atomic E-state index is 13.7. The van der Waals surface area contributed by atoms with Crippen molar-refractivity contribution in [3.63, 3.8) is 0 Å². The van der Waals surface area contributed by atoms with E-state index in [4.69, 9.17) is 4.74 Å². The molecule has 1 unspecified atom stereocenters. The average Bonchev–Trinajstić information content (AvgIpc) is 3.12. The molecule has 2 saturated carbocycles. The maximum Gasteiger partial charge on any atom is 0.146 e. The lowest BCUT2D eigenvalue weighted by atomic mass is 9.95. The van der Waals surface area contributed by atoms with Gasteiger partial charge in [0.05, 0.1) is 12.8 Å². The molecule has 0 aliphatic heterocycles. The fraction of sp³-hybridized carbons (Fsp3) is 0.571. The fourth-order valence-electron chi connectivity index (χ4n) is 3.03. The molecule has 3 atom stereocenters. The number of fused-ring (bicyclic) bond motifs is 1. The molecule has 0 heterocycles. The van der Waals surface area contributed by atoms with Crippen LogP contribution >= 0.6 is 0 Å². The van der Waals surface area contributed by atoms with Crippen LogP contribution in [0.2, 0.25) is 0 Å². The number of hydrogen-bond donors (Lipinski definition) is 1. The van der Waals surface area contributed by atoms with Gasteiger partial charge in [-0.2, -0.15) is 0 Å². The number of anilines is 1. The molecule has 1 aromatic rings. The molecule has 1 aromatic carbocycles. The molecule has 1 N–H and O–H groups in total. The first-order valence-corrected chi connectivity index (χ1v) is 6.38. The van der Waals surface area contributed by atoms with Crippen molar-refractivity contribution in [3.05, 3.63) is 24.0 Å². The lowest BCUT2D eigenvalue weighted by Gasteiger charge is -2.24. The standard InChI is InChI=1S/C14H18FNO/c1-17-10-5-6-12(15)14(8-10)16-13-4-2-3-9-7-11(9)13/h5-6,8-9,11,13,16H,2-4,7H2,1H3/t9-,11+,13?/m0/s1. The summed E-state index contributed by atoms with van der Waals surface area (Å²) in [7, 11) is 1.61. The highest BCUT2D eigenvalue weighted by Gasteiger charge is 2.45. The molecule has 3 rings (SSSR count). The largest absolute Gasteiger partial charge is 0.497 e. The van der Waals surface area contributed by atoms with Crippen molar-refractivity contribution in [2.75, 3.05) is 12.4 Å². The second-order valence-corrected chi connectivity index (χ2v) is 5.19. The van der Waals surface area contributed by atoms with E-state index in [1.807, 2.05) is 0 Å². The van der Waals surface area contributed by atoms with Gasteiger partial charge in [-0.15, -0.1) is 0 Å². The van der Waals surface area contributed by atoms with Gasteiger partial charge in [0.25, 0.3) is 0 Å². The molecule has 2 aliphatic carbocycles. The van der Waals surface area contributed by atoms with E-state index in [9.17, 15) is 4.39 Å². The number of methoxy groups -OCH3 is 1. The molecule has 92 valence electrons. The number of hydrogen-bond acceptors (Lipinski definition) is 2. The van der Waals surface area contributed by atoms with E-state index >= 15 is 0 Å². The molecule has 0 amide bonds. The summed E-state index contributed by atoms with van der Waals surface area (Å²) in [5.74, 6) is 2.19. The highest BCUT2D eigenvalue weighted by molar-refractivity contribution is 5.50. The van der Waals surface area contributed by atoms with E-state index in [1.54, 1.807) is 19.2 Å². The van der Waals surface area contributed by atoms with Crippen LogP contribution in [0.15, 0.2) is 18.2 Å². The Balaban J connectivity index is 1.75. The monoisotopic (exact) mass is 235 g/mol. The SMILES string of the molecule is COc1ccc(F)c(NC2CCC[C@H]3C[C@@H]23)c1. The van der Waals surface area contributed by atoms with Crippen molar-refractivity contribution in [1.29, 1.82) is 0 Å². The van der Waals surface area contributed by atoms with E-state index in [-0.39, 0.29) is 5.82 Å². The van der Waals surface area contributed by atoms with Crippen molar-refractivity contribution in [2.45, 2.75) is 31.7 Å². The molecule has 0 aromatic heterocycles. The average molecular weight is 235 g/mol. The third kappa shape index (κ3) is 2.11. The van der Waals surface area contributed by atoms with Gasteiger partial charge in [0.1, 0.15) is 11.6 Å². The Kier molecular flexibility index (Phi) is 2.69. The summed E-state index contributed by atoms with van der Waals surface area (Å²) in [5.41, 5.74) is 0.585. The summed E-state index contributed by atoms with van der Waals surface area (Å²) < 4.78 is 18.8. The molecule has 17 heavy (non-hydrogen) atoms. The number of halogens is 1. The zero-order valence-corrected chi connectivity index (χ0v) is 10.1. The van der Waals surface area contributed by atoms with Gasteiger partial charge in [-0.05, 0) is 36.8 Å². The Morgan fingerprint density at radius 2 is 2.24 bits per heavy atom. The quantitative estimate of drug-likeness (QED) is 0.866. The van der Waals surface area contributed by atoms with Gasteiger partial charge in [-0.1, -0.05) is 12.8 Å². The van der Waals surface area contributed by atoms with Crippen LogP contribution in [0.3, 0.4) is 0 Å². The van der Waals surface area contributed by atoms with Crippen LogP contribution < -0.4 is 10.1 Å². The van der Waals surface area contributed by atoms with Gasteiger partial charge in [0.2, 0.25) is 0 Å². The minimum Gasteiger partial charge on any atom is -0.497 e. The molecular weight excluding hydrogens is 217 g/mol. The highest BCUT2D eigenvalue weighted by Crippen LogP contribution is 2.50. The van der Waals surface area contributed by atoms with E-state index in [1.165, 1.54) is 25.3 Å². The van der Waals surface area contributed by atoms with E-state index in [0.29, 0.717) is 17.5 Å². The van der Waals surface area contributed by atoms with E-state index in [0.717, 1.165) is 18.3 Å². The van der Waals surface area contributed by atoms with Gasteiger partial charge in [-0.3, -0.25) is 0 Å². The smallest absolute Gasteiger partial charge is 0.146 e. The molecule has 2 nitrogen and oxygen atoms in total. The molecule has 0 radical (unpaired) electrons. The van der Waals surface area contributed by atoms with Crippen molar-refractivity contribution >= 4 is 5.69 Å². The fourth-order valence-corrected chi connectivity index (χ4v) is 3.03. The Bertz CT molecular complexity index is 421. The van der Waals surface area contributed by atoms with Crippen molar-refractivity contribution in [2.24, 2.45) is 11.8 Å². The predicted octanol–water partition coefficient (Wildman–Crippen LogP) is 3.43. The number of nitrogens with one attached hydrogen (secondary N) is 1. The lowest BCUT2D eigenvalue weighted by Crippen LogP contribution is -2.26. The third-order valence-electron chi connectivity index (χ3n) is 4.10. The molecule has 2 aliphatic rings. The van der Waals surface area contributed by atoms with Crippen LogP contribution in [-0.4, -0.2) is 13.2 Å². The van der Waals surface area contributed by atoms with Crippen LogP contribution in [0.25, 0.3) is 0 Å². The summed E-state index contributed by atoms with van der Waals surface area (Å²) in [4.78, 5) is 0. The van der Waals surface area contributed by atoms with Crippen molar-refractivity contribution in [1.82, 2.24) is 0 Å². The van der Waals surface area contributed by atoms with Crippen LogP contribution in [0, 0.1) is 17.7 Å². The molecule has 0 bridgehead atoms. The van der Waals surface area contributed by atoms with Crippen molar-refractivity contribution < 1.29 is 9.13 Å². The highest BCUT2D eigenvalue weighted by atomic mass is 19.1. The van der Waals surface area contributed by atoms with Crippen LogP contribution in [0.1, 0.15) is 25.7 Å². The Morgan fingerprint density at radius 3 is 3.06 bits per heavy atom. The molecule has 3 heteroatoms. The molecule has 0 spiro atoms. The van der Waals surface area contributed by atoms with Gasteiger partial charge in [-0.25, -0.2) is 4.39 Å². The Labute approximate surface area is 101 Å². The lowest BCUT2D eigenvalue weighted by molar-refractivity contribution is 0.413. The van der Waals surface area contributed by atoms with Gasteiger partial charge < -0.3 is 10.1 Å². The molecule has 0 saturated heterocycles. The minimum atomic E-state index is -0.187. The van der Waals surface area contributed by atoms with Crippen LogP contribution in [0.4, 0.5) is 10.1 Å². The van der Waals surface area contributed by atoms with Crippen LogP contribution in [-0.2, 0) is 0 Å². The van der Waals surface area contributed by atoms with Gasteiger partial charge in [0, 0.05) is 12.1 Å². The number of rotatable bonds is 3. The molecular formula is C14H18FNO. The predicted molar refractivity (Wildman–Crippen MR) is 65.8 cm³/mol. The Morgan fingerprint density at radius 1 is 1.35 bits per heavy atom. The molecule has 2 fully saturated rings. The van der Waals surface area contributed by atoms with E-state index < -0.39 is 0 Å². The number of benzene rings is 1. The van der Waals surface area contributed by atoms with E-state index in [2.05, 4.69) is 5.32 Å². The second kappa shape index (κ2) is 4.21.